The molecule has 1 fully saturated rings. The van der Waals surface area contributed by atoms with Crippen LogP contribution >= 0.6 is 0 Å². The number of aromatic nitrogens is 1. The van der Waals surface area contributed by atoms with Gasteiger partial charge < -0.3 is 24.5 Å². The van der Waals surface area contributed by atoms with Crippen LogP contribution in [-0.2, 0) is 21.5 Å². The topological polar surface area (TPSA) is 107 Å². The van der Waals surface area contributed by atoms with E-state index in [9.17, 15) is 23.9 Å². The van der Waals surface area contributed by atoms with Crippen molar-refractivity contribution in [3.05, 3.63) is 94.6 Å². The number of nitrogens with zero attached hydrogens (tertiary/aromatic N) is 5. The maximum atomic E-state index is 14.3. The normalized spacial score (nSPS) is 21.2. The smallest absolute Gasteiger partial charge is 0.410 e. The van der Waals surface area contributed by atoms with Crippen molar-refractivity contribution in [1.82, 2.24) is 19.7 Å². The van der Waals surface area contributed by atoms with Gasteiger partial charge in [0.25, 0.3) is 5.91 Å². The molecule has 2 aromatic carbocycles. The van der Waals surface area contributed by atoms with Gasteiger partial charge in [-0.25, -0.2) is 9.18 Å². The third-order valence-corrected chi connectivity index (χ3v) is 9.42. The van der Waals surface area contributed by atoms with Crippen LogP contribution in [0.1, 0.15) is 80.4 Å². The highest BCUT2D eigenvalue weighted by atomic mass is 19.1. The molecule has 1 saturated heterocycles. The quantitative estimate of drug-likeness (QED) is 0.403. The molecule has 3 atom stereocenters. The highest BCUT2D eigenvalue weighted by Gasteiger charge is 2.43. The van der Waals surface area contributed by atoms with Crippen LogP contribution in [0.5, 0.6) is 0 Å². The summed E-state index contributed by atoms with van der Waals surface area (Å²) in [5.74, 6) is -0.599. The standard InChI is InChI=1S/C37H44FN5O5/c1-23-17-40(28(20-42(23)35(47)48-36(2,3)4)19-41-18-25-9-7-8-10-29(25)34(41)46)21-31(44)43-22-37(5,6)33-30(43)15-26(16-39-33)32(45)24-11-13-27(38)14-12-24/h7-16,23,28,32,45H,17-22H2,1-6H3/t23-,28+,32-/m1/s1. The number of amides is 3. The van der Waals surface area contributed by atoms with E-state index in [4.69, 9.17) is 9.72 Å². The van der Waals surface area contributed by atoms with Gasteiger partial charge >= 0.3 is 6.09 Å². The highest BCUT2D eigenvalue weighted by molar-refractivity contribution is 5.98. The fraction of sp³-hybridized carbons (Fsp3) is 0.459. The molecular weight excluding hydrogens is 613 g/mol. The Hall–Kier alpha value is -4.35. The number of pyridine rings is 1. The number of aliphatic hydroxyl groups is 1. The maximum absolute atomic E-state index is 14.3. The van der Waals surface area contributed by atoms with Gasteiger partial charge in [-0.1, -0.05) is 44.2 Å². The summed E-state index contributed by atoms with van der Waals surface area (Å²) < 4.78 is 19.3. The van der Waals surface area contributed by atoms with E-state index in [0.29, 0.717) is 55.1 Å². The number of ether oxygens (including phenoxy) is 1. The molecule has 1 N–H and O–H groups in total. The van der Waals surface area contributed by atoms with Crippen LogP contribution in [0, 0.1) is 5.82 Å². The van der Waals surface area contributed by atoms with Crippen molar-refractivity contribution in [2.45, 2.75) is 77.3 Å². The number of carbonyl (C=O) groups excluding carboxylic acids is 3. The Balaban J connectivity index is 1.25. The molecule has 6 rings (SSSR count). The average Bonchev–Trinajstić information content (AvgIpc) is 3.49. The number of aliphatic hydroxyl groups excluding tert-OH is 1. The summed E-state index contributed by atoms with van der Waals surface area (Å²) in [6.07, 6.45) is 0.147. The van der Waals surface area contributed by atoms with E-state index in [-0.39, 0.29) is 30.4 Å². The van der Waals surface area contributed by atoms with Gasteiger partial charge in [0.15, 0.2) is 0 Å². The number of rotatable bonds is 6. The van der Waals surface area contributed by atoms with E-state index in [0.717, 1.165) is 11.3 Å². The SMILES string of the molecule is C[C@@H]1CN(CC(=O)N2CC(C)(C)c3ncc([C@H](O)c4ccc(F)cc4)cc32)[C@@H](CN2Cc3ccccc3C2=O)CN1C(=O)OC(C)(C)C. The first-order chi connectivity index (χ1) is 22.6. The molecule has 3 amide bonds. The Morgan fingerprint density at radius 1 is 1.08 bits per heavy atom. The van der Waals surface area contributed by atoms with Gasteiger partial charge in [0, 0.05) is 67.5 Å². The van der Waals surface area contributed by atoms with E-state index in [1.54, 1.807) is 27.0 Å². The highest BCUT2D eigenvalue weighted by Crippen LogP contribution is 2.41. The third kappa shape index (κ3) is 6.66. The molecule has 0 radical (unpaired) electrons. The lowest BCUT2D eigenvalue weighted by Crippen LogP contribution is -2.63. The van der Waals surface area contributed by atoms with Crippen molar-refractivity contribution in [1.29, 1.82) is 0 Å². The summed E-state index contributed by atoms with van der Waals surface area (Å²) in [5, 5.41) is 11.1. The van der Waals surface area contributed by atoms with Gasteiger partial charge in [0.05, 0.1) is 17.9 Å². The Labute approximate surface area is 281 Å². The van der Waals surface area contributed by atoms with Crippen molar-refractivity contribution < 1.29 is 28.6 Å². The zero-order valence-electron chi connectivity index (χ0n) is 28.4. The van der Waals surface area contributed by atoms with Crippen molar-refractivity contribution in [2.75, 3.05) is 37.6 Å². The predicted molar refractivity (Wildman–Crippen MR) is 179 cm³/mol. The summed E-state index contributed by atoms with van der Waals surface area (Å²) in [6.45, 7) is 13.5. The first-order valence-corrected chi connectivity index (χ1v) is 16.5. The first-order valence-electron chi connectivity index (χ1n) is 16.5. The Morgan fingerprint density at radius 2 is 1.79 bits per heavy atom. The second-order valence-electron chi connectivity index (χ2n) is 14.9. The number of benzene rings is 2. The molecule has 10 nitrogen and oxygen atoms in total. The predicted octanol–water partition coefficient (Wildman–Crippen LogP) is 4.89. The second kappa shape index (κ2) is 12.6. The molecule has 48 heavy (non-hydrogen) atoms. The van der Waals surface area contributed by atoms with Crippen molar-refractivity contribution in [2.24, 2.45) is 0 Å². The largest absolute Gasteiger partial charge is 0.444 e. The minimum absolute atomic E-state index is 0.0619. The summed E-state index contributed by atoms with van der Waals surface area (Å²) in [4.78, 5) is 52.9. The summed E-state index contributed by atoms with van der Waals surface area (Å²) in [6, 6.07) is 14.4. The van der Waals surface area contributed by atoms with E-state index < -0.39 is 29.0 Å². The molecule has 3 aromatic rings. The van der Waals surface area contributed by atoms with Crippen LogP contribution in [0.2, 0.25) is 0 Å². The molecular formula is C37H44FN5O5. The summed E-state index contributed by atoms with van der Waals surface area (Å²) >= 11 is 0. The maximum Gasteiger partial charge on any atom is 0.410 e. The number of piperazine rings is 1. The van der Waals surface area contributed by atoms with Crippen LogP contribution in [0.25, 0.3) is 0 Å². The van der Waals surface area contributed by atoms with Gasteiger partial charge in [0.1, 0.15) is 17.5 Å². The zero-order valence-corrected chi connectivity index (χ0v) is 28.4. The molecule has 3 aliphatic heterocycles. The van der Waals surface area contributed by atoms with Crippen molar-refractivity contribution >= 4 is 23.6 Å². The fourth-order valence-corrected chi connectivity index (χ4v) is 6.99. The third-order valence-electron chi connectivity index (χ3n) is 9.42. The van der Waals surface area contributed by atoms with Crippen LogP contribution in [-0.4, -0.2) is 93.1 Å². The van der Waals surface area contributed by atoms with Crippen LogP contribution in [0.15, 0.2) is 60.8 Å². The minimum Gasteiger partial charge on any atom is -0.444 e. The molecule has 1 aromatic heterocycles. The van der Waals surface area contributed by atoms with Crippen LogP contribution < -0.4 is 4.90 Å². The molecule has 0 saturated carbocycles. The molecule has 0 bridgehead atoms. The first kappa shape index (κ1) is 33.5. The minimum atomic E-state index is -1.04. The van der Waals surface area contributed by atoms with E-state index in [1.165, 1.54) is 24.3 Å². The van der Waals surface area contributed by atoms with Gasteiger partial charge in [-0.3, -0.25) is 19.5 Å². The number of hydrogen-bond donors (Lipinski definition) is 1. The number of anilines is 1. The Kier molecular flexibility index (Phi) is 8.80. The number of carbonyl (C=O) groups is 3. The van der Waals surface area contributed by atoms with Crippen molar-refractivity contribution in [3.63, 3.8) is 0 Å². The summed E-state index contributed by atoms with van der Waals surface area (Å²) in [7, 11) is 0. The number of fused-ring (bicyclic) bond motifs is 2. The lowest BCUT2D eigenvalue weighted by molar-refractivity contribution is -0.121. The van der Waals surface area contributed by atoms with Gasteiger partial charge in [-0.2, -0.15) is 0 Å². The Bertz CT molecular complexity index is 1720. The molecule has 4 heterocycles. The van der Waals surface area contributed by atoms with E-state index in [2.05, 4.69) is 4.90 Å². The van der Waals surface area contributed by atoms with Crippen molar-refractivity contribution in [3.8, 4) is 0 Å². The molecule has 0 spiro atoms. The lowest BCUT2D eigenvalue weighted by atomic mass is 9.90. The second-order valence-corrected chi connectivity index (χ2v) is 14.9. The molecule has 254 valence electrons. The fourth-order valence-electron chi connectivity index (χ4n) is 6.99. The van der Waals surface area contributed by atoms with Gasteiger partial charge in [-0.15, -0.1) is 0 Å². The van der Waals surface area contributed by atoms with Crippen LogP contribution in [0.3, 0.4) is 0 Å². The van der Waals surface area contributed by atoms with Gasteiger partial charge in [0.2, 0.25) is 5.91 Å². The van der Waals surface area contributed by atoms with Crippen LogP contribution in [0.4, 0.5) is 14.9 Å². The molecule has 0 aliphatic carbocycles. The van der Waals surface area contributed by atoms with E-state index in [1.807, 2.05) is 65.8 Å². The monoisotopic (exact) mass is 657 g/mol. The average molecular weight is 658 g/mol. The lowest BCUT2D eigenvalue weighted by Gasteiger charge is -2.46. The van der Waals surface area contributed by atoms with E-state index >= 15 is 0 Å². The molecule has 11 heteroatoms. The van der Waals surface area contributed by atoms with Gasteiger partial charge in [-0.05, 0) is 63.1 Å². The number of hydrogen-bond acceptors (Lipinski definition) is 7. The zero-order chi connectivity index (χ0) is 34.5. The molecule has 0 unspecified atom stereocenters. The number of halogens is 1. The molecule has 3 aliphatic rings. The summed E-state index contributed by atoms with van der Waals surface area (Å²) in [5.41, 5.74) is 2.94. The Morgan fingerprint density at radius 3 is 2.48 bits per heavy atom.